The molecule has 2 amide bonds. The van der Waals surface area contributed by atoms with Crippen LogP contribution in [0.4, 0.5) is 11.4 Å². The quantitative estimate of drug-likeness (QED) is 0.750. The summed E-state index contributed by atoms with van der Waals surface area (Å²) < 4.78 is 7.17. The standard InChI is InChI=1S/C22H26N4O3/c1-14(2)7-22(28)24-10-15(3)26(16(4)27)20-6-5-17(8-21(20)24)18-9-23-25(11-18)19-12-29-13-19/h5-9,11,15,19H,10,12-13H2,1-4H3/t15-/m0/s1. The van der Waals surface area contributed by atoms with E-state index < -0.39 is 0 Å². The third-order valence-corrected chi connectivity index (χ3v) is 5.36. The second-order valence-electron chi connectivity index (χ2n) is 8.01. The van der Waals surface area contributed by atoms with Crippen LogP contribution < -0.4 is 9.80 Å². The van der Waals surface area contributed by atoms with Crippen molar-refractivity contribution in [2.75, 3.05) is 29.6 Å². The molecular formula is C22H26N4O3. The van der Waals surface area contributed by atoms with Crippen molar-refractivity contribution in [3.05, 3.63) is 42.2 Å². The number of anilines is 2. The summed E-state index contributed by atoms with van der Waals surface area (Å²) in [7, 11) is 0. The summed E-state index contributed by atoms with van der Waals surface area (Å²) in [6, 6.07) is 6.07. The Balaban J connectivity index is 1.76. The highest BCUT2D eigenvalue weighted by molar-refractivity contribution is 6.08. The Bertz CT molecular complexity index is 986. The van der Waals surface area contributed by atoms with Gasteiger partial charge in [0.1, 0.15) is 0 Å². The van der Waals surface area contributed by atoms with Crippen LogP contribution in [0.3, 0.4) is 0 Å². The van der Waals surface area contributed by atoms with Crippen molar-refractivity contribution in [2.45, 2.75) is 39.8 Å². The number of amides is 2. The van der Waals surface area contributed by atoms with Crippen LogP contribution in [0.5, 0.6) is 0 Å². The molecule has 152 valence electrons. The molecule has 1 aromatic carbocycles. The number of nitrogens with zero attached hydrogens (tertiary/aromatic N) is 4. The number of ether oxygens (including phenoxy) is 1. The van der Waals surface area contributed by atoms with Gasteiger partial charge in [-0.2, -0.15) is 5.10 Å². The number of carbonyl (C=O) groups is 2. The zero-order chi connectivity index (χ0) is 20.7. The lowest BCUT2D eigenvalue weighted by atomic mass is 10.0. The van der Waals surface area contributed by atoms with Crippen LogP contribution in [-0.4, -0.2) is 47.4 Å². The van der Waals surface area contributed by atoms with E-state index in [0.29, 0.717) is 19.8 Å². The smallest absolute Gasteiger partial charge is 0.251 e. The Morgan fingerprint density at radius 2 is 1.90 bits per heavy atom. The van der Waals surface area contributed by atoms with Gasteiger partial charge in [-0.1, -0.05) is 11.6 Å². The number of rotatable bonds is 3. The van der Waals surface area contributed by atoms with Crippen LogP contribution in [0.15, 0.2) is 42.2 Å². The molecular weight excluding hydrogens is 368 g/mol. The minimum absolute atomic E-state index is 0.0291. The summed E-state index contributed by atoms with van der Waals surface area (Å²) in [6.07, 6.45) is 5.48. The Morgan fingerprint density at radius 1 is 1.14 bits per heavy atom. The van der Waals surface area contributed by atoms with Crippen molar-refractivity contribution in [3.63, 3.8) is 0 Å². The van der Waals surface area contributed by atoms with Gasteiger partial charge >= 0.3 is 0 Å². The molecule has 2 aliphatic rings. The minimum Gasteiger partial charge on any atom is -0.377 e. The van der Waals surface area contributed by atoms with Crippen LogP contribution in [0, 0.1) is 0 Å². The van der Waals surface area contributed by atoms with E-state index in [0.717, 1.165) is 28.1 Å². The number of hydrogen-bond donors (Lipinski definition) is 0. The molecule has 0 bridgehead atoms. The molecule has 29 heavy (non-hydrogen) atoms. The summed E-state index contributed by atoms with van der Waals surface area (Å²) in [5, 5.41) is 4.46. The summed E-state index contributed by atoms with van der Waals surface area (Å²) in [5.74, 6) is -0.0978. The van der Waals surface area contributed by atoms with Crippen LogP contribution in [0.1, 0.15) is 33.7 Å². The molecule has 0 N–H and O–H groups in total. The van der Waals surface area contributed by atoms with E-state index in [-0.39, 0.29) is 23.9 Å². The van der Waals surface area contributed by atoms with Gasteiger partial charge in [0.2, 0.25) is 5.91 Å². The number of aromatic nitrogens is 2. The number of allylic oxidation sites excluding steroid dienone is 1. The second-order valence-corrected chi connectivity index (χ2v) is 8.01. The molecule has 3 heterocycles. The molecule has 0 saturated carbocycles. The number of benzene rings is 1. The molecule has 0 aliphatic carbocycles. The second kappa shape index (κ2) is 7.48. The van der Waals surface area contributed by atoms with Crippen molar-refractivity contribution in [1.29, 1.82) is 0 Å². The molecule has 1 aromatic heterocycles. The van der Waals surface area contributed by atoms with Gasteiger partial charge in [-0.3, -0.25) is 14.3 Å². The third-order valence-electron chi connectivity index (χ3n) is 5.36. The SMILES string of the molecule is CC(=O)N1c2ccc(-c3cnn(C4COC4)c3)cc2N(C(=O)C=C(C)C)C[C@@H]1C. The highest BCUT2D eigenvalue weighted by Gasteiger charge is 2.33. The lowest BCUT2D eigenvalue weighted by molar-refractivity contribution is -0.118. The van der Waals surface area contributed by atoms with Crippen LogP contribution in [0.2, 0.25) is 0 Å². The van der Waals surface area contributed by atoms with Crippen LogP contribution in [0.25, 0.3) is 11.1 Å². The maximum Gasteiger partial charge on any atom is 0.251 e. The van der Waals surface area contributed by atoms with Gasteiger partial charge in [0.05, 0.1) is 42.9 Å². The maximum absolute atomic E-state index is 12.9. The first-order valence-corrected chi connectivity index (χ1v) is 9.87. The van der Waals surface area contributed by atoms with Gasteiger partial charge in [0.15, 0.2) is 0 Å². The van der Waals surface area contributed by atoms with Gasteiger partial charge in [-0.05, 0) is 38.5 Å². The van der Waals surface area contributed by atoms with Gasteiger partial charge in [-0.25, -0.2) is 0 Å². The molecule has 1 atom stereocenters. The average Bonchev–Trinajstić information content (AvgIpc) is 3.07. The highest BCUT2D eigenvalue weighted by Crippen LogP contribution is 2.39. The minimum atomic E-state index is -0.0956. The molecule has 4 rings (SSSR count). The van der Waals surface area contributed by atoms with E-state index in [1.54, 1.807) is 22.8 Å². The van der Waals surface area contributed by atoms with E-state index >= 15 is 0 Å². The third kappa shape index (κ3) is 3.58. The zero-order valence-corrected chi connectivity index (χ0v) is 17.3. The first-order valence-electron chi connectivity index (χ1n) is 9.87. The topological polar surface area (TPSA) is 67.7 Å². The molecule has 1 saturated heterocycles. The van der Waals surface area contributed by atoms with Crippen LogP contribution >= 0.6 is 0 Å². The fourth-order valence-electron chi connectivity index (χ4n) is 3.88. The van der Waals surface area contributed by atoms with Crippen molar-refractivity contribution < 1.29 is 14.3 Å². The van der Waals surface area contributed by atoms with Gasteiger partial charge < -0.3 is 14.5 Å². The fraction of sp³-hybridized carbons (Fsp3) is 0.409. The molecule has 0 spiro atoms. The fourth-order valence-corrected chi connectivity index (χ4v) is 3.88. The van der Waals surface area contributed by atoms with E-state index in [2.05, 4.69) is 5.10 Å². The maximum atomic E-state index is 12.9. The molecule has 2 aromatic rings. The first-order chi connectivity index (χ1) is 13.8. The van der Waals surface area contributed by atoms with Crippen molar-refractivity contribution in [3.8, 4) is 11.1 Å². The van der Waals surface area contributed by atoms with Gasteiger partial charge in [-0.15, -0.1) is 0 Å². The zero-order valence-electron chi connectivity index (χ0n) is 17.3. The van der Waals surface area contributed by atoms with E-state index in [9.17, 15) is 9.59 Å². The molecule has 1 fully saturated rings. The van der Waals surface area contributed by atoms with Crippen molar-refractivity contribution in [2.24, 2.45) is 0 Å². The molecule has 0 radical (unpaired) electrons. The Kier molecular flexibility index (Phi) is 5.00. The van der Waals surface area contributed by atoms with Crippen molar-refractivity contribution in [1.82, 2.24) is 9.78 Å². The lowest BCUT2D eigenvalue weighted by Gasteiger charge is -2.40. The predicted octanol–water partition coefficient (Wildman–Crippen LogP) is 3.18. The van der Waals surface area contributed by atoms with E-state index in [1.807, 2.05) is 56.0 Å². The average molecular weight is 394 g/mol. The Hall–Kier alpha value is -2.93. The number of hydrogen-bond acceptors (Lipinski definition) is 4. The van der Waals surface area contributed by atoms with E-state index in [1.165, 1.54) is 0 Å². The highest BCUT2D eigenvalue weighted by atomic mass is 16.5. The normalized spacial score (nSPS) is 18.8. The summed E-state index contributed by atoms with van der Waals surface area (Å²) in [6.45, 7) is 9.16. The van der Waals surface area contributed by atoms with Gasteiger partial charge in [0.25, 0.3) is 5.91 Å². The van der Waals surface area contributed by atoms with Crippen molar-refractivity contribution >= 4 is 23.2 Å². The summed E-state index contributed by atoms with van der Waals surface area (Å²) >= 11 is 0. The van der Waals surface area contributed by atoms with E-state index in [4.69, 9.17) is 4.74 Å². The largest absolute Gasteiger partial charge is 0.377 e. The number of carbonyl (C=O) groups excluding carboxylic acids is 2. The monoisotopic (exact) mass is 394 g/mol. The first kappa shape index (κ1) is 19.4. The van der Waals surface area contributed by atoms with Gasteiger partial charge in [0, 0.05) is 31.3 Å². The number of fused-ring (bicyclic) bond motifs is 1. The predicted molar refractivity (Wildman–Crippen MR) is 112 cm³/mol. The molecule has 0 unspecified atom stereocenters. The van der Waals surface area contributed by atoms with Crippen LogP contribution in [-0.2, 0) is 14.3 Å². The summed E-state index contributed by atoms with van der Waals surface area (Å²) in [5.41, 5.74) is 4.39. The lowest BCUT2D eigenvalue weighted by Crippen LogP contribution is -2.51. The summed E-state index contributed by atoms with van der Waals surface area (Å²) in [4.78, 5) is 28.7. The molecule has 7 heteroatoms. The Morgan fingerprint density at radius 3 is 2.52 bits per heavy atom. The Labute approximate surface area is 170 Å². The molecule has 2 aliphatic heterocycles. The molecule has 7 nitrogen and oxygen atoms in total.